The van der Waals surface area contributed by atoms with Crippen molar-refractivity contribution < 1.29 is 48.8 Å². The Balaban J connectivity index is 1.26. The van der Waals surface area contributed by atoms with Gasteiger partial charge in [0, 0.05) is 0 Å². The Kier molecular flexibility index (Phi) is 10.5. The summed E-state index contributed by atoms with van der Waals surface area (Å²) < 4.78 is 27.4. The monoisotopic (exact) mass is 644 g/mol. The van der Waals surface area contributed by atoms with Crippen molar-refractivity contribution in [2.24, 2.45) is 46.3 Å². The lowest BCUT2D eigenvalue weighted by atomic mass is 9.46. The van der Waals surface area contributed by atoms with E-state index >= 15 is 0 Å². The van der Waals surface area contributed by atoms with E-state index in [-0.39, 0.29) is 22.9 Å². The molecule has 0 aromatic heterocycles. The van der Waals surface area contributed by atoms with Crippen LogP contribution in [0, 0.1) is 46.3 Å². The van der Waals surface area contributed by atoms with Gasteiger partial charge < -0.3 is 39.7 Å². The molecule has 0 aromatic carbocycles. The SMILES string of the molecule is CC(C)CCC[C@@H](C)[C@H]1CC[C@H]2[C@@H]3[C@@H](O)C=C4C[C@@H](O[C@H]5O[C@H](COP(=O)(O)O)[C@H](O)[C@@H](O)[C@@H]5O)CC[C@]4(C)[C@H]3CC[C@]12C. The van der Waals surface area contributed by atoms with Gasteiger partial charge in [-0.1, -0.05) is 65.5 Å². The van der Waals surface area contributed by atoms with E-state index in [1.807, 2.05) is 0 Å². The Bertz CT molecular complexity index is 1080. The largest absolute Gasteiger partial charge is 0.469 e. The van der Waals surface area contributed by atoms with Gasteiger partial charge in [-0.05, 0) is 91.3 Å². The topological polar surface area (TPSA) is 166 Å². The van der Waals surface area contributed by atoms with Gasteiger partial charge in [0.05, 0.1) is 18.8 Å². The molecule has 6 N–H and O–H groups in total. The molecular weight excluding hydrogens is 587 g/mol. The van der Waals surface area contributed by atoms with E-state index in [9.17, 15) is 25.0 Å². The fourth-order valence-electron chi connectivity index (χ4n) is 10.3. The molecule has 1 heterocycles. The Morgan fingerprint density at radius 1 is 0.955 bits per heavy atom. The minimum absolute atomic E-state index is 0.0480. The summed E-state index contributed by atoms with van der Waals surface area (Å²) in [6.45, 7) is 11.3. The minimum atomic E-state index is -4.83. The molecule has 1 saturated heterocycles. The van der Waals surface area contributed by atoms with Gasteiger partial charge in [-0.15, -0.1) is 0 Å². The van der Waals surface area contributed by atoms with Gasteiger partial charge in [-0.3, -0.25) is 4.52 Å². The van der Waals surface area contributed by atoms with Crippen LogP contribution in [0.15, 0.2) is 11.6 Å². The average Bonchev–Trinajstić information content (AvgIpc) is 3.30. The fraction of sp³-hybridized carbons (Fsp3) is 0.939. The highest BCUT2D eigenvalue weighted by atomic mass is 31.2. The van der Waals surface area contributed by atoms with Crippen molar-refractivity contribution in [2.45, 2.75) is 142 Å². The van der Waals surface area contributed by atoms with Crippen molar-refractivity contribution in [2.75, 3.05) is 6.61 Å². The van der Waals surface area contributed by atoms with E-state index in [1.165, 1.54) is 44.1 Å². The lowest BCUT2D eigenvalue weighted by Gasteiger charge is -2.59. The van der Waals surface area contributed by atoms with Crippen molar-refractivity contribution in [1.29, 1.82) is 0 Å². The van der Waals surface area contributed by atoms with Crippen LogP contribution >= 0.6 is 7.82 Å². The zero-order valence-corrected chi connectivity index (χ0v) is 28.0. The van der Waals surface area contributed by atoms with Crippen LogP contribution in [0.3, 0.4) is 0 Å². The third kappa shape index (κ3) is 6.78. The molecular formula is C33H57O10P. The molecule has 3 saturated carbocycles. The van der Waals surface area contributed by atoms with E-state index in [2.05, 4.69) is 45.2 Å². The molecule has 0 aromatic rings. The van der Waals surface area contributed by atoms with Gasteiger partial charge in [0.15, 0.2) is 6.29 Å². The quantitative estimate of drug-likeness (QED) is 0.149. The molecule has 254 valence electrons. The van der Waals surface area contributed by atoms with E-state index < -0.39 is 51.2 Å². The Morgan fingerprint density at radius 2 is 1.68 bits per heavy atom. The maximum atomic E-state index is 11.7. The molecule has 0 amide bonds. The van der Waals surface area contributed by atoms with Crippen molar-refractivity contribution in [3.8, 4) is 0 Å². The van der Waals surface area contributed by atoms with Gasteiger partial charge in [0.25, 0.3) is 0 Å². The molecule has 0 unspecified atom stereocenters. The van der Waals surface area contributed by atoms with Crippen LogP contribution in [0.2, 0.25) is 0 Å². The summed E-state index contributed by atoms with van der Waals surface area (Å²) in [7, 11) is -4.83. The summed E-state index contributed by atoms with van der Waals surface area (Å²) in [5, 5.41) is 43.0. The Hall–Kier alpha value is -0.390. The second kappa shape index (κ2) is 13.3. The van der Waals surface area contributed by atoms with E-state index in [0.717, 1.165) is 18.8 Å². The summed E-state index contributed by atoms with van der Waals surface area (Å²) in [5.74, 6) is 3.33. The molecule has 4 fully saturated rings. The number of aliphatic hydroxyl groups is 4. The van der Waals surface area contributed by atoms with Crippen LogP contribution in [0.4, 0.5) is 0 Å². The summed E-state index contributed by atoms with van der Waals surface area (Å²) in [4.78, 5) is 18.1. The van der Waals surface area contributed by atoms with Crippen LogP contribution in [0.1, 0.15) is 98.8 Å². The zero-order chi connectivity index (χ0) is 32.2. The first-order valence-electron chi connectivity index (χ1n) is 17.0. The number of fused-ring (bicyclic) bond motifs is 5. The van der Waals surface area contributed by atoms with Crippen molar-refractivity contribution >= 4 is 7.82 Å². The lowest BCUT2D eigenvalue weighted by Crippen LogP contribution is -2.60. The number of ether oxygens (including phenoxy) is 2. The third-order valence-corrected chi connectivity index (χ3v) is 13.2. The molecule has 11 heteroatoms. The van der Waals surface area contributed by atoms with Crippen LogP contribution in [0.25, 0.3) is 0 Å². The number of rotatable bonds is 10. The first kappa shape index (κ1) is 34.9. The predicted octanol–water partition coefficient (Wildman–Crippen LogP) is 4.30. The van der Waals surface area contributed by atoms with Crippen molar-refractivity contribution in [3.63, 3.8) is 0 Å². The number of hydrogen-bond donors (Lipinski definition) is 6. The van der Waals surface area contributed by atoms with Gasteiger partial charge in [0.1, 0.15) is 24.4 Å². The van der Waals surface area contributed by atoms with Crippen molar-refractivity contribution in [1.82, 2.24) is 0 Å². The third-order valence-electron chi connectivity index (χ3n) is 12.7. The summed E-state index contributed by atoms with van der Waals surface area (Å²) in [6.07, 6.45) is 4.62. The van der Waals surface area contributed by atoms with Crippen molar-refractivity contribution in [3.05, 3.63) is 11.6 Å². The predicted molar refractivity (Wildman–Crippen MR) is 164 cm³/mol. The lowest BCUT2D eigenvalue weighted by molar-refractivity contribution is -0.312. The number of phosphoric acid groups is 1. The average molecular weight is 645 g/mol. The maximum Gasteiger partial charge on any atom is 0.469 e. The number of phosphoric ester groups is 1. The highest BCUT2D eigenvalue weighted by molar-refractivity contribution is 7.46. The van der Waals surface area contributed by atoms with Crippen LogP contribution < -0.4 is 0 Å². The molecule has 44 heavy (non-hydrogen) atoms. The fourth-order valence-corrected chi connectivity index (χ4v) is 10.6. The first-order chi connectivity index (χ1) is 20.5. The van der Waals surface area contributed by atoms with E-state index in [4.69, 9.17) is 19.3 Å². The van der Waals surface area contributed by atoms with E-state index in [1.54, 1.807) is 0 Å². The van der Waals surface area contributed by atoms with Crippen LogP contribution in [0.5, 0.6) is 0 Å². The molecule has 0 bridgehead atoms. The molecule has 4 aliphatic carbocycles. The zero-order valence-electron chi connectivity index (χ0n) is 27.1. The standard InChI is InChI=1S/C33H57O10P/c1-18(2)7-6-8-19(3)22-9-10-23-27-24(12-14-33(22,23)5)32(4)13-11-21(15-20(32)16-25(27)34)42-31-30(37)29(36)28(35)26(43-31)17-41-44(38,39)40/h16,18-19,21-31,34-37H,6-15,17H2,1-5H3,(H2,38,39,40)/t19-,21+,22-,23+,24+,25+,26-,27+,28+,29-,30+,31+,32+,33-/m1/s1. The molecule has 0 radical (unpaired) electrons. The minimum Gasteiger partial charge on any atom is -0.389 e. The summed E-state index contributed by atoms with van der Waals surface area (Å²) in [5.41, 5.74) is 1.39. The van der Waals surface area contributed by atoms with Gasteiger partial charge in [0.2, 0.25) is 0 Å². The molecule has 10 nitrogen and oxygen atoms in total. The second-order valence-corrected chi connectivity index (χ2v) is 17.0. The van der Waals surface area contributed by atoms with Crippen LogP contribution in [-0.2, 0) is 18.6 Å². The van der Waals surface area contributed by atoms with Gasteiger partial charge in [-0.2, -0.15) is 0 Å². The second-order valence-electron chi connectivity index (χ2n) is 15.7. The van der Waals surface area contributed by atoms with Gasteiger partial charge >= 0.3 is 7.82 Å². The Morgan fingerprint density at radius 3 is 2.36 bits per heavy atom. The molecule has 0 spiro atoms. The smallest absolute Gasteiger partial charge is 0.389 e. The van der Waals surface area contributed by atoms with Crippen LogP contribution in [-0.4, -0.2) is 79.7 Å². The maximum absolute atomic E-state index is 11.7. The number of aliphatic hydroxyl groups excluding tert-OH is 4. The van der Waals surface area contributed by atoms with Gasteiger partial charge in [-0.25, -0.2) is 4.57 Å². The molecule has 1 aliphatic heterocycles. The normalized spacial score (nSPS) is 46.6. The molecule has 14 atom stereocenters. The Labute approximate surface area is 262 Å². The highest BCUT2D eigenvalue weighted by Gasteiger charge is 2.61. The summed E-state index contributed by atoms with van der Waals surface area (Å²) in [6, 6.07) is 0. The van der Waals surface area contributed by atoms with E-state index in [0.29, 0.717) is 36.5 Å². The number of hydrogen-bond acceptors (Lipinski definition) is 8. The molecule has 5 aliphatic rings. The molecule has 5 rings (SSSR count). The first-order valence-corrected chi connectivity index (χ1v) is 18.5. The highest BCUT2D eigenvalue weighted by Crippen LogP contribution is 2.67. The summed E-state index contributed by atoms with van der Waals surface area (Å²) >= 11 is 0.